The fourth-order valence-electron chi connectivity index (χ4n) is 1.42. The van der Waals surface area contributed by atoms with E-state index in [9.17, 15) is 20.1 Å². The first-order valence-corrected chi connectivity index (χ1v) is 4.74. The molecule has 1 aliphatic heterocycles. The molecule has 0 radical (unpaired) electrons. The Balaban J connectivity index is 2.70. The Morgan fingerprint density at radius 3 is 2.44 bits per heavy atom. The van der Waals surface area contributed by atoms with Gasteiger partial charge in [-0.1, -0.05) is 6.58 Å². The first-order valence-electron chi connectivity index (χ1n) is 4.74. The van der Waals surface area contributed by atoms with Crippen molar-refractivity contribution in [3.63, 3.8) is 0 Å². The van der Waals surface area contributed by atoms with Gasteiger partial charge in [0.1, 0.15) is 24.4 Å². The minimum atomic E-state index is -1.50. The van der Waals surface area contributed by atoms with Crippen molar-refractivity contribution < 1.29 is 30.0 Å². The number of rotatable bonds is 3. The fourth-order valence-corrected chi connectivity index (χ4v) is 1.42. The standard InChI is InChI=1S/C9H15NO6/c1-2-5(12)10-9-8(15)7(14)6(13)4(3-11)16-9/h2,4,6-9,11,13-15H,1,3H2,(H,10,12)/t4-,6-,7+,8-,9-/m1/s1. The van der Waals surface area contributed by atoms with Gasteiger partial charge in [-0.3, -0.25) is 4.79 Å². The third-order valence-electron chi connectivity index (χ3n) is 2.36. The highest BCUT2D eigenvalue weighted by Crippen LogP contribution is 2.19. The molecule has 1 aliphatic rings. The van der Waals surface area contributed by atoms with Crippen LogP contribution in [-0.4, -0.2) is 63.6 Å². The van der Waals surface area contributed by atoms with E-state index in [4.69, 9.17) is 9.84 Å². The summed E-state index contributed by atoms with van der Waals surface area (Å²) in [6.45, 7) is 2.68. The molecule has 1 fully saturated rings. The van der Waals surface area contributed by atoms with E-state index in [1.165, 1.54) is 0 Å². The molecule has 1 rings (SSSR count). The molecule has 7 heteroatoms. The predicted octanol–water partition coefficient (Wildman–Crippen LogP) is -2.91. The number of hydrogen-bond acceptors (Lipinski definition) is 6. The molecule has 1 saturated heterocycles. The molecule has 0 aliphatic carbocycles. The predicted molar refractivity (Wildman–Crippen MR) is 52.1 cm³/mol. The third-order valence-corrected chi connectivity index (χ3v) is 2.36. The van der Waals surface area contributed by atoms with Gasteiger partial charge in [-0.05, 0) is 6.08 Å². The quantitative estimate of drug-likeness (QED) is 0.333. The second-order valence-electron chi connectivity index (χ2n) is 3.46. The van der Waals surface area contributed by atoms with Gasteiger partial charge in [0.15, 0.2) is 6.23 Å². The van der Waals surface area contributed by atoms with Crippen molar-refractivity contribution in [2.24, 2.45) is 0 Å². The van der Waals surface area contributed by atoms with Crippen molar-refractivity contribution in [1.29, 1.82) is 0 Å². The lowest BCUT2D eigenvalue weighted by molar-refractivity contribution is -0.235. The Labute approximate surface area is 92.0 Å². The Morgan fingerprint density at radius 2 is 1.94 bits per heavy atom. The highest BCUT2D eigenvalue weighted by Gasteiger charge is 2.43. The van der Waals surface area contributed by atoms with Crippen molar-refractivity contribution >= 4 is 5.91 Å². The Morgan fingerprint density at radius 1 is 1.31 bits per heavy atom. The van der Waals surface area contributed by atoms with Crippen molar-refractivity contribution in [1.82, 2.24) is 5.32 Å². The number of ether oxygens (including phenoxy) is 1. The lowest BCUT2D eigenvalue weighted by atomic mass is 9.98. The number of carbonyl (C=O) groups is 1. The van der Waals surface area contributed by atoms with E-state index in [2.05, 4.69) is 11.9 Å². The van der Waals surface area contributed by atoms with Crippen LogP contribution in [0.5, 0.6) is 0 Å². The molecule has 1 heterocycles. The SMILES string of the molecule is C=CC(=O)N[C@@H]1O[C@H](CO)[C@@H](O)[C@H](O)[C@H]1O. The lowest BCUT2D eigenvalue weighted by Crippen LogP contribution is -2.63. The maximum absolute atomic E-state index is 11.0. The van der Waals surface area contributed by atoms with E-state index < -0.39 is 43.2 Å². The second kappa shape index (κ2) is 5.37. The molecule has 0 unspecified atom stereocenters. The minimum absolute atomic E-state index is 0.536. The van der Waals surface area contributed by atoms with Gasteiger partial charge in [0.25, 0.3) is 0 Å². The van der Waals surface area contributed by atoms with E-state index in [0.717, 1.165) is 6.08 Å². The molecule has 0 saturated carbocycles. The summed E-state index contributed by atoms with van der Waals surface area (Å²) in [6, 6.07) is 0. The van der Waals surface area contributed by atoms with Crippen molar-refractivity contribution in [3.05, 3.63) is 12.7 Å². The normalized spacial score (nSPS) is 39.1. The van der Waals surface area contributed by atoms with Crippen LogP contribution < -0.4 is 5.32 Å². The van der Waals surface area contributed by atoms with Crippen LogP contribution in [0.3, 0.4) is 0 Å². The molecule has 0 aromatic rings. The van der Waals surface area contributed by atoms with Crippen LogP contribution in [0, 0.1) is 0 Å². The molecule has 1 amide bonds. The van der Waals surface area contributed by atoms with E-state index in [1.54, 1.807) is 0 Å². The first kappa shape index (κ1) is 13.1. The maximum atomic E-state index is 11.0. The van der Waals surface area contributed by atoms with Crippen molar-refractivity contribution in [3.8, 4) is 0 Å². The smallest absolute Gasteiger partial charge is 0.245 e. The van der Waals surface area contributed by atoms with Crippen LogP contribution in [0.4, 0.5) is 0 Å². The molecule has 5 N–H and O–H groups in total. The van der Waals surface area contributed by atoms with Gasteiger partial charge < -0.3 is 30.5 Å². The molecule has 0 bridgehead atoms. The largest absolute Gasteiger partial charge is 0.394 e. The van der Waals surface area contributed by atoms with E-state index in [1.807, 2.05) is 0 Å². The number of hydrogen-bond donors (Lipinski definition) is 5. The summed E-state index contributed by atoms with van der Waals surface area (Å²) in [4.78, 5) is 11.0. The number of carbonyl (C=O) groups excluding carboxylic acids is 1. The average molecular weight is 233 g/mol. The van der Waals surface area contributed by atoms with Crippen LogP contribution in [0.25, 0.3) is 0 Å². The van der Waals surface area contributed by atoms with Gasteiger partial charge in [0.2, 0.25) is 5.91 Å². The third kappa shape index (κ3) is 2.57. The summed E-state index contributed by atoms with van der Waals surface area (Å²) in [5, 5.41) is 39.4. The second-order valence-corrected chi connectivity index (χ2v) is 3.46. The van der Waals surface area contributed by atoms with Crippen LogP contribution in [0.2, 0.25) is 0 Å². The number of aliphatic hydroxyl groups is 4. The highest BCUT2D eigenvalue weighted by molar-refractivity contribution is 5.87. The number of amides is 1. The summed E-state index contributed by atoms with van der Waals surface area (Å²) in [6.07, 6.45) is -5.66. The molecule has 0 spiro atoms. The van der Waals surface area contributed by atoms with Crippen molar-refractivity contribution in [2.45, 2.75) is 30.6 Å². The Hall–Kier alpha value is -0.990. The maximum Gasteiger partial charge on any atom is 0.245 e. The summed E-state index contributed by atoms with van der Waals surface area (Å²) in [5.74, 6) is -0.593. The zero-order valence-corrected chi connectivity index (χ0v) is 8.48. The van der Waals surface area contributed by atoms with Crippen LogP contribution in [0.15, 0.2) is 12.7 Å². The number of aliphatic hydroxyl groups excluding tert-OH is 4. The molecule has 92 valence electrons. The van der Waals surface area contributed by atoms with Gasteiger partial charge in [0, 0.05) is 0 Å². The molecular formula is C9H15NO6. The van der Waals surface area contributed by atoms with Gasteiger partial charge in [-0.2, -0.15) is 0 Å². The summed E-state index contributed by atoms with van der Waals surface area (Å²) < 4.78 is 5.01. The summed E-state index contributed by atoms with van der Waals surface area (Å²) >= 11 is 0. The average Bonchev–Trinajstić information content (AvgIpc) is 2.29. The molecule has 16 heavy (non-hydrogen) atoms. The number of nitrogens with one attached hydrogen (secondary N) is 1. The lowest BCUT2D eigenvalue weighted by Gasteiger charge is -2.39. The minimum Gasteiger partial charge on any atom is -0.394 e. The highest BCUT2D eigenvalue weighted by atomic mass is 16.6. The molecule has 0 aromatic heterocycles. The zero-order chi connectivity index (χ0) is 12.3. The molecular weight excluding hydrogens is 218 g/mol. The van der Waals surface area contributed by atoms with Crippen LogP contribution >= 0.6 is 0 Å². The monoisotopic (exact) mass is 233 g/mol. The first-order chi connectivity index (χ1) is 7.51. The van der Waals surface area contributed by atoms with Crippen LogP contribution in [0.1, 0.15) is 0 Å². The van der Waals surface area contributed by atoms with E-state index in [0.29, 0.717) is 0 Å². The topological polar surface area (TPSA) is 119 Å². The van der Waals surface area contributed by atoms with Gasteiger partial charge in [-0.15, -0.1) is 0 Å². The van der Waals surface area contributed by atoms with E-state index in [-0.39, 0.29) is 0 Å². The fraction of sp³-hybridized carbons (Fsp3) is 0.667. The van der Waals surface area contributed by atoms with E-state index >= 15 is 0 Å². The summed E-state index contributed by atoms with van der Waals surface area (Å²) in [5.41, 5.74) is 0. The Kier molecular flexibility index (Phi) is 4.39. The van der Waals surface area contributed by atoms with Gasteiger partial charge in [-0.25, -0.2) is 0 Å². The zero-order valence-electron chi connectivity index (χ0n) is 8.48. The Bertz CT molecular complexity index is 269. The van der Waals surface area contributed by atoms with Crippen molar-refractivity contribution in [2.75, 3.05) is 6.61 Å². The molecule has 0 aromatic carbocycles. The molecule has 5 atom stereocenters. The molecule has 7 nitrogen and oxygen atoms in total. The van der Waals surface area contributed by atoms with Gasteiger partial charge >= 0.3 is 0 Å². The van der Waals surface area contributed by atoms with Gasteiger partial charge in [0.05, 0.1) is 6.61 Å². The summed E-state index contributed by atoms with van der Waals surface area (Å²) in [7, 11) is 0. The van der Waals surface area contributed by atoms with Crippen LogP contribution in [-0.2, 0) is 9.53 Å².